The number of nitrogens with zero attached hydrogens (tertiary/aromatic N) is 2. The average Bonchev–Trinajstić information content (AvgIpc) is 3.54. The number of para-hydroxylation sites is 3. The van der Waals surface area contributed by atoms with E-state index in [0.29, 0.717) is 0 Å². The van der Waals surface area contributed by atoms with E-state index in [9.17, 15) is 0 Å². The van der Waals surface area contributed by atoms with Crippen LogP contribution in [0.4, 0.5) is 34.1 Å². The number of hydrogen-bond donors (Lipinski definition) is 0. The Balaban J connectivity index is 1.05. The molecule has 11 aromatic carbocycles. The molecule has 0 aromatic heterocycles. The molecule has 0 fully saturated rings. The average molecular weight is 851 g/mol. The summed E-state index contributed by atoms with van der Waals surface area (Å²) < 4.78 is 0. The summed E-state index contributed by atoms with van der Waals surface area (Å²) in [6, 6.07) is 94.8. The Kier molecular flexibility index (Phi) is 8.23. The molecule has 1 aliphatic heterocycles. The fourth-order valence-electron chi connectivity index (χ4n) is 11.8. The first-order chi connectivity index (χ1) is 33.3. The molecule has 1 heterocycles. The molecule has 1 unspecified atom stereocenters. The van der Waals surface area contributed by atoms with Crippen LogP contribution in [-0.2, 0) is 5.41 Å². The summed E-state index contributed by atoms with van der Waals surface area (Å²) in [7, 11) is 0. The highest BCUT2D eigenvalue weighted by Gasteiger charge is 2.50. The fourth-order valence-corrected chi connectivity index (χ4v) is 11.8. The van der Waals surface area contributed by atoms with E-state index >= 15 is 0 Å². The molecule has 312 valence electrons. The first-order valence-corrected chi connectivity index (χ1v) is 23.3. The van der Waals surface area contributed by atoms with Crippen LogP contribution in [0.25, 0.3) is 66.4 Å². The Bertz CT molecular complexity index is 3780. The van der Waals surface area contributed by atoms with E-state index in [-0.39, 0.29) is 0 Å². The number of rotatable bonds is 4. The first kappa shape index (κ1) is 37.6. The van der Waals surface area contributed by atoms with Crippen LogP contribution in [-0.4, -0.2) is 0 Å². The SMILES string of the molecule is c1ccc(N(c2ccc3c(c2)-c2ccccc2-c2ccccc2C32c3ccccc3-c3cc4ccccc4cc32)c2ccc3c(c2)N(c2ccccc2)c2ccccc2-c2ccccc2-3)cc1. The van der Waals surface area contributed by atoms with Gasteiger partial charge in [0.05, 0.1) is 16.8 Å². The van der Waals surface area contributed by atoms with Crippen LogP contribution in [0, 0.1) is 0 Å². The van der Waals surface area contributed by atoms with Crippen molar-refractivity contribution in [1.29, 1.82) is 0 Å². The monoisotopic (exact) mass is 850 g/mol. The Morgan fingerprint density at radius 3 is 1.39 bits per heavy atom. The minimum absolute atomic E-state index is 0.585. The van der Waals surface area contributed by atoms with Crippen LogP contribution in [0.3, 0.4) is 0 Å². The van der Waals surface area contributed by atoms with Gasteiger partial charge in [-0.25, -0.2) is 0 Å². The van der Waals surface area contributed by atoms with E-state index in [0.717, 1.165) is 34.1 Å². The highest BCUT2D eigenvalue weighted by atomic mass is 15.2. The van der Waals surface area contributed by atoms with Gasteiger partial charge in [0.2, 0.25) is 0 Å². The van der Waals surface area contributed by atoms with Crippen molar-refractivity contribution in [3.63, 3.8) is 0 Å². The fraction of sp³-hybridized carbons (Fsp3) is 0.0154. The summed E-state index contributed by atoms with van der Waals surface area (Å²) in [5, 5.41) is 2.50. The molecular formula is C65H42N2. The molecule has 1 atom stereocenters. The van der Waals surface area contributed by atoms with E-state index in [2.05, 4.69) is 265 Å². The standard InChI is InChI=1S/C65H42N2/c1-3-21-45(22-4-1)66(48-35-37-56-51-27-11-10-26-50(51)55-31-15-18-34-63(55)67(64(56)42-48)46-23-5-2-6-24-46)47-36-38-61-58(41-47)52-28-12-9-25-49(52)53-29-13-16-32-59(53)65(61)60-33-17-14-30-54(60)57-39-43-19-7-8-20-44(43)40-62(57)65/h1-42H. The van der Waals surface area contributed by atoms with E-state index < -0.39 is 5.41 Å². The van der Waals surface area contributed by atoms with Crippen LogP contribution in [0.1, 0.15) is 22.3 Å². The maximum absolute atomic E-state index is 2.48. The zero-order valence-corrected chi connectivity index (χ0v) is 36.6. The number of benzene rings is 11. The van der Waals surface area contributed by atoms with Gasteiger partial charge >= 0.3 is 0 Å². The molecule has 2 nitrogen and oxygen atoms in total. The third kappa shape index (κ3) is 5.45. The van der Waals surface area contributed by atoms with Crippen LogP contribution in [0.5, 0.6) is 0 Å². The molecule has 0 amide bonds. The smallest absolute Gasteiger partial charge is 0.0725 e. The Hall–Kier alpha value is -8.72. The summed E-state index contributed by atoms with van der Waals surface area (Å²) in [5.74, 6) is 0. The van der Waals surface area contributed by atoms with Gasteiger partial charge in [-0.3, -0.25) is 0 Å². The van der Waals surface area contributed by atoms with E-state index in [1.807, 2.05) is 0 Å². The van der Waals surface area contributed by atoms with Gasteiger partial charge in [-0.15, -0.1) is 0 Å². The molecule has 14 rings (SSSR count). The van der Waals surface area contributed by atoms with Gasteiger partial charge in [0, 0.05) is 33.9 Å². The lowest BCUT2D eigenvalue weighted by Crippen LogP contribution is -2.29. The quantitative estimate of drug-likeness (QED) is 0.174. The van der Waals surface area contributed by atoms with Gasteiger partial charge in [0.15, 0.2) is 0 Å². The molecular weight excluding hydrogens is 809 g/mol. The van der Waals surface area contributed by atoms with Crippen molar-refractivity contribution < 1.29 is 0 Å². The zero-order valence-electron chi connectivity index (χ0n) is 36.6. The Labute approximate surface area is 390 Å². The predicted molar refractivity (Wildman–Crippen MR) is 279 cm³/mol. The first-order valence-electron chi connectivity index (χ1n) is 23.3. The van der Waals surface area contributed by atoms with Crippen molar-refractivity contribution in [2.24, 2.45) is 0 Å². The molecule has 67 heavy (non-hydrogen) atoms. The highest BCUT2D eigenvalue weighted by molar-refractivity contribution is 6.05. The normalized spacial score (nSPS) is 14.6. The molecule has 0 bridgehead atoms. The second-order valence-electron chi connectivity index (χ2n) is 18.0. The van der Waals surface area contributed by atoms with Crippen LogP contribution >= 0.6 is 0 Å². The lowest BCUT2D eigenvalue weighted by molar-refractivity contribution is 0.776. The molecule has 3 aliphatic rings. The van der Waals surface area contributed by atoms with Crippen molar-refractivity contribution in [3.05, 3.63) is 277 Å². The summed E-state index contributed by atoms with van der Waals surface area (Å²) in [6.45, 7) is 0. The van der Waals surface area contributed by atoms with Gasteiger partial charge in [-0.05, 0) is 144 Å². The van der Waals surface area contributed by atoms with Crippen molar-refractivity contribution in [1.82, 2.24) is 0 Å². The number of fused-ring (bicyclic) bond motifs is 18. The predicted octanol–water partition coefficient (Wildman–Crippen LogP) is 17.4. The van der Waals surface area contributed by atoms with Gasteiger partial charge in [-0.2, -0.15) is 0 Å². The van der Waals surface area contributed by atoms with Gasteiger partial charge in [0.25, 0.3) is 0 Å². The largest absolute Gasteiger partial charge is 0.310 e. The highest BCUT2D eigenvalue weighted by Crippen LogP contribution is 2.62. The van der Waals surface area contributed by atoms with E-state index in [1.165, 1.54) is 88.7 Å². The minimum atomic E-state index is -0.585. The zero-order chi connectivity index (χ0) is 44.1. The summed E-state index contributed by atoms with van der Waals surface area (Å²) in [5.41, 5.74) is 23.7. The third-order valence-electron chi connectivity index (χ3n) is 14.6. The van der Waals surface area contributed by atoms with Crippen molar-refractivity contribution in [3.8, 4) is 55.6 Å². The second-order valence-corrected chi connectivity index (χ2v) is 18.0. The Morgan fingerprint density at radius 2 is 0.701 bits per heavy atom. The molecule has 11 aromatic rings. The van der Waals surface area contributed by atoms with Crippen LogP contribution < -0.4 is 9.80 Å². The molecule has 2 aliphatic carbocycles. The number of hydrogen-bond acceptors (Lipinski definition) is 2. The molecule has 2 heteroatoms. The number of anilines is 6. The van der Waals surface area contributed by atoms with Gasteiger partial charge in [0.1, 0.15) is 0 Å². The van der Waals surface area contributed by atoms with Crippen LogP contribution in [0.2, 0.25) is 0 Å². The summed E-state index contributed by atoms with van der Waals surface area (Å²) in [4.78, 5) is 4.90. The maximum atomic E-state index is 2.48. The molecule has 0 saturated carbocycles. The molecule has 0 radical (unpaired) electrons. The minimum Gasteiger partial charge on any atom is -0.310 e. The molecule has 0 N–H and O–H groups in total. The van der Waals surface area contributed by atoms with Gasteiger partial charge < -0.3 is 9.80 Å². The second kappa shape index (κ2) is 14.7. The lowest BCUT2D eigenvalue weighted by Gasteiger charge is -2.36. The van der Waals surface area contributed by atoms with Crippen molar-refractivity contribution >= 4 is 44.9 Å². The summed E-state index contributed by atoms with van der Waals surface area (Å²) in [6.07, 6.45) is 0. The molecule has 1 spiro atoms. The lowest BCUT2D eigenvalue weighted by atomic mass is 9.65. The van der Waals surface area contributed by atoms with Crippen molar-refractivity contribution in [2.45, 2.75) is 5.41 Å². The van der Waals surface area contributed by atoms with Gasteiger partial charge in [-0.1, -0.05) is 188 Å². The molecule has 0 saturated heterocycles. The van der Waals surface area contributed by atoms with E-state index in [1.54, 1.807) is 0 Å². The van der Waals surface area contributed by atoms with Crippen LogP contribution in [0.15, 0.2) is 255 Å². The third-order valence-corrected chi connectivity index (χ3v) is 14.6. The Morgan fingerprint density at radius 1 is 0.254 bits per heavy atom. The maximum Gasteiger partial charge on any atom is 0.0725 e. The summed E-state index contributed by atoms with van der Waals surface area (Å²) >= 11 is 0. The van der Waals surface area contributed by atoms with Crippen molar-refractivity contribution in [2.75, 3.05) is 9.80 Å². The topological polar surface area (TPSA) is 6.48 Å². The van der Waals surface area contributed by atoms with E-state index in [4.69, 9.17) is 0 Å².